The molecule has 86 valence electrons. The molecule has 0 bridgehead atoms. The largest absolute Gasteiger partial charge is 0.257 e. The smallest absolute Gasteiger partial charge is 0.141 e. The quantitative estimate of drug-likeness (QED) is 0.676. The van der Waals surface area contributed by atoms with Crippen LogP contribution in [0.4, 0.5) is 0 Å². The van der Waals surface area contributed by atoms with E-state index in [4.69, 9.17) is 0 Å². The van der Waals surface area contributed by atoms with Gasteiger partial charge in [0.15, 0.2) is 0 Å². The Kier molecular flexibility index (Phi) is 3.06. The lowest BCUT2D eigenvalue weighted by molar-refractivity contribution is 0.590. The molecule has 0 saturated carbocycles. The maximum atomic E-state index is 4.44. The number of benzene rings is 1. The van der Waals surface area contributed by atoms with Crippen molar-refractivity contribution < 1.29 is 0 Å². The van der Waals surface area contributed by atoms with E-state index >= 15 is 0 Å². The Morgan fingerprint density at radius 1 is 0.941 bits per heavy atom. The number of nitrogens with zero attached hydrogens (tertiary/aromatic N) is 1. The molecule has 0 aliphatic heterocycles. The summed E-state index contributed by atoms with van der Waals surface area (Å²) in [6, 6.07) is 12.9. The van der Waals surface area contributed by atoms with Crippen molar-refractivity contribution in [1.82, 2.24) is 4.98 Å². The Balaban J connectivity index is 2.33. The van der Waals surface area contributed by atoms with Crippen LogP contribution < -0.4 is 5.46 Å². The van der Waals surface area contributed by atoms with Gasteiger partial charge in [-0.15, -0.1) is 0 Å². The second kappa shape index (κ2) is 4.36. The van der Waals surface area contributed by atoms with Crippen LogP contribution in [0.15, 0.2) is 42.6 Å². The number of hydrogen-bond donors (Lipinski definition) is 0. The number of hydrogen-bond acceptors (Lipinski definition) is 1. The van der Waals surface area contributed by atoms with Crippen LogP contribution in [0, 0.1) is 0 Å². The van der Waals surface area contributed by atoms with E-state index < -0.39 is 0 Å². The second-order valence-corrected chi connectivity index (χ2v) is 5.55. The van der Waals surface area contributed by atoms with Crippen LogP contribution in [0.3, 0.4) is 0 Å². The average molecular weight is 223 g/mol. The molecule has 0 saturated heterocycles. The molecule has 0 unspecified atom stereocenters. The SMILES string of the molecule is Bc1ccc(-c2ccc(C(C)(C)C)cc2)nc1. The predicted octanol–water partition coefficient (Wildman–Crippen LogP) is 2.30. The van der Waals surface area contributed by atoms with Gasteiger partial charge in [-0.1, -0.05) is 56.6 Å². The van der Waals surface area contributed by atoms with E-state index in [1.807, 2.05) is 6.20 Å². The molecular weight excluding hydrogens is 205 g/mol. The third-order valence-electron chi connectivity index (χ3n) is 2.96. The molecule has 1 nitrogen and oxygen atoms in total. The minimum atomic E-state index is 0.208. The third kappa shape index (κ3) is 2.76. The first-order chi connectivity index (χ1) is 7.97. The van der Waals surface area contributed by atoms with Gasteiger partial charge < -0.3 is 0 Å². The van der Waals surface area contributed by atoms with E-state index in [0.717, 1.165) is 5.69 Å². The summed E-state index contributed by atoms with van der Waals surface area (Å²) in [5.74, 6) is 0. The highest BCUT2D eigenvalue weighted by atomic mass is 14.7. The van der Waals surface area contributed by atoms with Gasteiger partial charge in [-0.25, -0.2) is 0 Å². The molecule has 0 fully saturated rings. The highest BCUT2D eigenvalue weighted by molar-refractivity contribution is 6.32. The highest BCUT2D eigenvalue weighted by Gasteiger charge is 2.13. The van der Waals surface area contributed by atoms with E-state index in [0.29, 0.717) is 0 Å². The van der Waals surface area contributed by atoms with Gasteiger partial charge in [0.2, 0.25) is 0 Å². The summed E-state index contributed by atoms with van der Waals surface area (Å²) in [5.41, 5.74) is 4.97. The van der Waals surface area contributed by atoms with Crippen molar-refractivity contribution in [3.8, 4) is 11.3 Å². The summed E-state index contributed by atoms with van der Waals surface area (Å²) in [4.78, 5) is 4.44. The van der Waals surface area contributed by atoms with Gasteiger partial charge in [0.25, 0.3) is 0 Å². The molecule has 1 aromatic heterocycles. The van der Waals surface area contributed by atoms with E-state index in [-0.39, 0.29) is 5.41 Å². The van der Waals surface area contributed by atoms with Crippen molar-refractivity contribution in [2.45, 2.75) is 26.2 Å². The Labute approximate surface area is 104 Å². The van der Waals surface area contributed by atoms with Gasteiger partial charge in [-0.2, -0.15) is 0 Å². The van der Waals surface area contributed by atoms with Crippen LogP contribution >= 0.6 is 0 Å². The van der Waals surface area contributed by atoms with Crippen molar-refractivity contribution in [3.63, 3.8) is 0 Å². The lowest BCUT2D eigenvalue weighted by atomic mass is 9.86. The number of aromatic nitrogens is 1. The van der Waals surface area contributed by atoms with Crippen molar-refractivity contribution >= 4 is 13.3 Å². The summed E-state index contributed by atoms with van der Waals surface area (Å²) in [5, 5.41) is 0. The molecule has 0 aliphatic rings. The fourth-order valence-electron chi connectivity index (χ4n) is 1.78. The van der Waals surface area contributed by atoms with E-state index in [2.05, 4.69) is 70.0 Å². The van der Waals surface area contributed by atoms with Gasteiger partial charge in [-0.05, 0) is 17.0 Å². The van der Waals surface area contributed by atoms with Crippen LogP contribution in [0.2, 0.25) is 0 Å². The molecule has 0 atom stereocenters. The molecular formula is C15H18BN. The zero-order valence-corrected chi connectivity index (χ0v) is 11.0. The lowest BCUT2D eigenvalue weighted by Crippen LogP contribution is -2.10. The Morgan fingerprint density at radius 3 is 2.06 bits per heavy atom. The third-order valence-corrected chi connectivity index (χ3v) is 2.96. The zero-order valence-electron chi connectivity index (χ0n) is 11.0. The Hall–Kier alpha value is -1.57. The summed E-state index contributed by atoms with van der Waals surface area (Å²) in [7, 11) is 2.06. The van der Waals surface area contributed by atoms with Gasteiger partial charge in [0, 0.05) is 11.8 Å². The fraction of sp³-hybridized carbons (Fsp3) is 0.267. The molecule has 0 N–H and O–H groups in total. The van der Waals surface area contributed by atoms with E-state index in [1.165, 1.54) is 16.6 Å². The van der Waals surface area contributed by atoms with Crippen LogP contribution in [0.25, 0.3) is 11.3 Å². The molecule has 2 rings (SSSR count). The van der Waals surface area contributed by atoms with Gasteiger partial charge >= 0.3 is 0 Å². The molecule has 2 heteroatoms. The monoisotopic (exact) mass is 223 g/mol. The summed E-state index contributed by atoms with van der Waals surface area (Å²) < 4.78 is 0. The molecule has 1 aromatic carbocycles. The normalized spacial score (nSPS) is 11.5. The number of pyridine rings is 1. The van der Waals surface area contributed by atoms with E-state index in [1.54, 1.807) is 0 Å². The minimum Gasteiger partial charge on any atom is -0.257 e. The topological polar surface area (TPSA) is 12.9 Å². The lowest BCUT2D eigenvalue weighted by Gasteiger charge is -2.19. The van der Waals surface area contributed by atoms with Gasteiger partial charge in [0.05, 0.1) is 5.69 Å². The predicted molar refractivity (Wildman–Crippen MR) is 76.6 cm³/mol. The van der Waals surface area contributed by atoms with Crippen molar-refractivity contribution in [3.05, 3.63) is 48.2 Å². The fourth-order valence-corrected chi connectivity index (χ4v) is 1.78. The van der Waals surface area contributed by atoms with Crippen molar-refractivity contribution in [2.75, 3.05) is 0 Å². The molecule has 1 heterocycles. The van der Waals surface area contributed by atoms with Crippen LogP contribution in [-0.2, 0) is 5.41 Å². The van der Waals surface area contributed by atoms with Crippen molar-refractivity contribution in [2.24, 2.45) is 0 Å². The Morgan fingerprint density at radius 2 is 1.59 bits per heavy atom. The minimum absolute atomic E-state index is 0.208. The van der Waals surface area contributed by atoms with Crippen LogP contribution in [-0.4, -0.2) is 12.8 Å². The second-order valence-electron chi connectivity index (χ2n) is 5.55. The standard InChI is InChI=1S/C15H18BN/c1-15(2,3)12-6-4-11(5-7-12)14-9-8-13(16)10-17-14/h4-10H,16H2,1-3H3. The molecule has 0 spiro atoms. The summed E-state index contributed by atoms with van der Waals surface area (Å²) >= 11 is 0. The summed E-state index contributed by atoms with van der Waals surface area (Å²) in [6.07, 6.45) is 1.91. The first-order valence-electron chi connectivity index (χ1n) is 6.00. The molecule has 17 heavy (non-hydrogen) atoms. The number of rotatable bonds is 1. The molecule has 2 aromatic rings. The molecule has 0 amide bonds. The molecule has 0 radical (unpaired) electrons. The van der Waals surface area contributed by atoms with Crippen molar-refractivity contribution in [1.29, 1.82) is 0 Å². The average Bonchev–Trinajstić information content (AvgIpc) is 2.29. The van der Waals surface area contributed by atoms with Gasteiger partial charge in [0.1, 0.15) is 7.85 Å². The van der Waals surface area contributed by atoms with Gasteiger partial charge in [-0.3, -0.25) is 4.98 Å². The van der Waals surface area contributed by atoms with Crippen LogP contribution in [0.5, 0.6) is 0 Å². The summed E-state index contributed by atoms with van der Waals surface area (Å²) in [6.45, 7) is 6.68. The molecule has 0 aliphatic carbocycles. The van der Waals surface area contributed by atoms with Crippen LogP contribution in [0.1, 0.15) is 26.3 Å². The maximum Gasteiger partial charge on any atom is 0.141 e. The Bertz CT molecular complexity index is 492. The zero-order chi connectivity index (χ0) is 12.5. The maximum absolute atomic E-state index is 4.44. The first kappa shape index (κ1) is 11.9. The first-order valence-corrected chi connectivity index (χ1v) is 6.00. The van der Waals surface area contributed by atoms with E-state index in [9.17, 15) is 0 Å². The highest BCUT2D eigenvalue weighted by Crippen LogP contribution is 2.24.